The molecule has 1 aromatic rings. The van der Waals surface area contributed by atoms with Crippen LogP contribution in [-0.2, 0) is 14.9 Å². The van der Waals surface area contributed by atoms with Gasteiger partial charge in [0.15, 0.2) is 0 Å². The lowest BCUT2D eigenvalue weighted by Gasteiger charge is -2.20. The van der Waals surface area contributed by atoms with Crippen molar-refractivity contribution in [2.24, 2.45) is 0 Å². The van der Waals surface area contributed by atoms with Gasteiger partial charge in [0.25, 0.3) is 0 Å². The van der Waals surface area contributed by atoms with Crippen LogP contribution in [0.4, 0.5) is 8.78 Å². The molecule has 0 saturated heterocycles. The smallest absolute Gasteiger partial charge is 0.459 e. The normalized spacial score (nSPS) is 12.1. The van der Waals surface area contributed by atoms with Gasteiger partial charge in [-0.3, -0.25) is 0 Å². The first-order valence-corrected chi connectivity index (χ1v) is 6.01. The average molecular weight is 272 g/mol. The van der Waals surface area contributed by atoms with Crippen LogP contribution in [0.25, 0.3) is 0 Å². The molecule has 0 saturated carbocycles. The molecule has 106 valence electrons. The summed E-state index contributed by atoms with van der Waals surface area (Å²) in [6.45, 7) is 7.36. The lowest BCUT2D eigenvalue weighted by atomic mass is 9.87. The summed E-state index contributed by atoms with van der Waals surface area (Å²) in [6.07, 6.45) is -3.97. The topological polar surface area (TPSA) is 35.5 Å². The van der Waals surface area contributed by atoms with Crippen LogP contribution in [0.15, 0.2) is 24.3 Å². The van der Waals surface area contributed by atoms with Gasteiger partial charge in [-0.2, -0.15) is 8.78 Å². The summed E-state index contributed by atoms with van der Waals surface area (Å²) < 4.78 is 35.3. The van der Waals surface area contributed by atoms with E-state index in [2.05, 4.69) is 9.47 Å². The van der Waals surface area contributed by atoms with E-state index in [4.69, 9.17) is 0 Å². The van der Waals surface area contributed by atoms with Gasteiger partial charge >= 0.3 is 12.1 Å². The Morgan fingerprint density at radius 3 is 2.11 bits per heavy atom. The standard InChI is InChI=1S/C14H18F2O3/c1-5-18-12(17)14(15,16)19-11-8-6-10(7-9-11)13(2,3)4/h6-9H,5H2,1-4H3. The molecule has 0 aliphatic rings. The number of hydrogen-bond donors (Lipinski definition) is 0. The molecular weight excluding hydrogens is 254 g/mol. The molecule has 0 radical (unpaired) electrons. The molecular formula is C14H18F2O3. The van der Waals surface area contributed by atoms with Gasteiger partial charge in [-0.25, -0.2) is 4.79 Å². The fourth-order valence-electron chi connectivity index (χ4n) is 1.43. The Kier molecular flexibility index (Phi) is 4.50. The van der Waals surface area contributed by atoms with Crippen molar-refractivity contribution in [3.05, 3.63) is 29.8 Å². The van der Waals surface area contributed by atoms with Crippen LogP contribution in [0.3, 0.4) is 0 Å². The van der Waals surface area contributed by atoms with Crippen molar-refractivity contribution in [1.29, 1.82) is 0 Å². The maximum absolute atomic E-state index is 13.3. The number of carbonyl (C=O) groups excluding carboxylic acids is 1. The van der Waals surface area contributed by atoms with Crippen molar-refractivity contribution < 1.29 is 23.0 Å². The Hall–Kier alpha value is -1.65. The third-order valence-corrected chi connectivity index (χ3v) is 2.48. The minimum Gasteiger partial charge on any atom is -0.459 e. The van der Waals surface area contributed by atoms with Crippen LogP contribution >= 0.6 is 0 Å². The number of carbonyl (C=O) groups is 1. The molecule has 0 aliphatic carbocycles. The largest absolute Gasteiger partial charge is 0.502 e. The fraction of sp³-hybridized carbons (Fsp3) is 0.500. The SMILES string of the molecule is CCOC(=O)C(F)(F)Oc1ccc(C(C)(C)C)cc1. The maximum atomic E-state index is 13.3. The van der Waals surface area contributed by atoms with Crippen LogP contribution in [0.5, 0.6) is 5.75 Å². The Bertz CT molecular complexity index is 433. The second kappa shape index (κ2) is 5.55. The van der Waals surface area contributed by atoms with Crippen LogP contribution in [-0.4, -0.2) is 18.7 Å². The minimum atomic E-state index is -3.97. The van der Waals surface area contributed by atoms with Gasteiger partial charge in [0.05, 0.1) is 6.61 Å². The van der Waals surface area contributed by atoms with Gasteiger partial charge in [0, 0.05) is 0 Å². The van der Waals surface area contributed by atoms with Crippen LogP contribution in [0.1, 0.15) is 33.3 Å². The molecule has 0 aliphatic heterocycles. The highest BCUT2D eigenvalue weighted by Crippen LogP contribution is 2.27. The lowest BCUT2D eigenvalue weighted by molar-refractivity contribution is -0.216. The maximum Gasteiger partial charge on any atom is 0.502 e. The number of esters is 1. The zero-order valence-corrected chi connectivity index (χ0v) is 11.5. The Morgan fingerprint density at radius 2 is 1.68 bits per heavy atom. The monoisotopic (exact) mass is 272 g/mol. The number of hydrogen-bond acceptors (Lipinski definition) is 3. The van der Waals surface area contributed by atoms with Crippen molar-refractivity contribution in [2.45, 2.75) is 39.2 Å². The second-order valence-electron chi connectivity index (χ2n) is 5.11. The number of ether oxygens (including phenoxy) is 2. The first-order valence-electron chi connectivity index (χ1n) is 6.01. The van der Waals surface area contributed by atoms with Crippen LogP contribution in [0, 0.1) is 0 Å². The Morgan fingerprint density at radius 1 is 1.16 bits per heavy atom. The van der Waals surface area contributed by atoms with Crippen molar-refractivity contribution in [1.82, 2.24) is 0 Å². The van der Waals surface area contributed by atoms with Gasteiger partial charge in [0.1, 0.15) is 5.75 Å². The molecule has 0 spiro atoms. The Balaban J connectivity index is 2.80. The first kappa shape index (κ1) is 15.4. The summed E-state index contributed by atoms with van der Waals surface area (Å²) in [6, 6.07) is 6.20. The molecule has 0 aromatic heterocycles. The van der Waals surface area contributed by atoms with E-state index in [1.54, 1.807) is 12.1 Å². The van der Waals surface area contributed by atoms with E-state index in [1.807, 2.05) is 20.8 Å². The predicted molar refractivity (Wildman–Crippen MR) is 67.4 cm³/mol. The van der Waals surface area contributed by atoms with Crippen molar-refractivity contribution in [3.8, 4) is 5.75 Å². The van der Waals surface area contributed by atoms with Gasteiger partial charge in [-0.15, -0.1) is 0 Å². The summed E-state index contributed by atoms with van der Waals surface area (Å²) in [5, 5.41) is 0. The molecule has 0 fully saturated rings. The quantitative estimate of drug-likeness (QED) is 0.787. The average Bonchev–Trinajstić information content (AvgIpc) is 2.28. The number of alkyl halides is 2. The van der Waals surface area contributed by atoms with E-state index < -0.39 is 12.1 Å². The zero-order valence-electron chi connectivity index (χ0n) is 11.5. The van der Waals surface area contributed by atoms with Gasteiger partial charge < -0.3 is 9.47 Å². The first-order chi connectivity index (χ1) is 8.66. The minimum absolute atomic E-state index is 0.0777. The summed E-state index contributed by atoms with van der Waals surface area (Å²) in [5.74, 6) is -1.76. The van der Waals surface area contributed by atoms with E-state index in [1.165, 1.54) is 19.1 Å². The van der Waals surface area contributed by atoms with E-state index in [-0.39, 0.29) is 17.8 Å². The molecule has 0 heterocycles. The molecule has 3 nitrogen and oxygen atoms in total. The molecule has 0 unspecified atom stereocenters. The van der Waals surface area contributed by atoms with Gasteiger partial charge in [-0.1, -0.05) is 32.9 Å². The van der Waals surface area contributed by atoms with Gasteiger partial charge in [-0.05, 0) is 30.0 Å². The highest BCUT2D eigenvalue weighted by atomic mass is 19.3. The molecule has 19 heavy (non-hydrogen) atoms. The molecule has 5 heteroatoms. The third-order valence-electron chi connectivity index (χ3n) is 2.48. The molecule has 0 atom stereocenters. The van der Waals surface area contributed by atoms with E-state index in [0.717, 1.165) is 5.56 Å². The molecule has 0 amide bonds. The van der Waals surface area contributed by atoms with Crippen molar-refractivity contribution in [2.75, 3.05) is 6.61 Å². The molecule has 1 aromatic carbocycles. The predicted octanol–water partition coefficient (Wildman–Crippen LogP) is 3.52. The van der Waals surface area contributed by atoms with Crippen LogP contribution in [0.2, 0.25) is 0 Å². The molecule has 0 bridgehead atoms. The number of rotatable bonds is 4. The summed E-state index contributed by atoms with van der Waals surface area (Å²) in [5.41, 5.74) is 0.904. The summed E-state index contributed by atoms with van der Waals surface area (Å²) in [4.78, 5) is 11.0. The van der Waals surface area contributed by atoms with Crippen molar-refractivity contribution >= 4 is 5.97 Å². The zero-order chi connectivity index (χ0) is 14.7. The van der Waals surface area contributed by atoms with E-state index in [9.17, 15) is 13.6 Å². The number of halogens is 2. The van der Waals surface area contributed by atoms with Crippen molar-refractivity contribution in [3.63, 3.8) is 0 Å². The summed E-state index contributed by atoms with van der Waals surface area (Å²) in [7, 11) is 0. The second-order valence-corrected chi connectivity index (χ2v) is 5.11. The van der Waals surface area contributed by atoms with Crippen LogP contribution < -0.4 is 4.74 Å². The van der Waals surface area contributed by atoms with E-state index in [0.29, 0.717) is 0 Å². The Labute approximate surface area is 111 Å². The van der Waals surface area contributed by atoms with Gasteiger partial charge in [0.2, 0.25) is 0 Å². The van der Waals surface area contributed by atoms with E-state index >= 15 is 0 Å². The third kappa shape index (κ3) is 4.19. The lowest BCUT2D eigenvalue weighted by Crippen LogP contribution is -2.36. The molecule has 1 rings (SSSR count). The number of benzene rings is 1. The molecule has 0 N–H and O–H groups in total. The summed E-state index contributed by atoms with van der Waals surface area (Å²) >= 11 is 0. The highest BCUT2D eigenvalue weighted by Gasteiger charge is 2.44. The highest BCUT2D eigenvalue weighted by molar-refractivity contribution is 5.76. The fourth-order valence-corrected chi connectivity index (χ4v) is 1.43.